The maximum absolute atomic E-state index is 13.8. The lowest BCUT2D eigenvalue weighted by Crippen LogP contribution is -2.53. The van der Waals surface area contributed by atoms with Gasteiger partial charge in [0.05, 0.1) is 23.3 Å². The summed E-state index contributed by atoms with van der Waals surface area (Å²) in [6.07, 6.45) is -5.97. The molecule has 2 amide bonds. The van der Waals surface area contributed by atoms with Crippen molar-refractivity contribution in [3.05, 3.63) is 92.6 Å². The molecule has 34 heavy (non-hydrogen) atoms. The number of hydrogen-bond acceptors (Lipinski definition) is 4. The molecule has 0 fully saturated rings. The second-order valence-electron chi connectivity index (χ2n) is 7.37. The van der Waals surface area contributed by atoms with Gasteiger partial charge in [0.2, 0.25) is 0 Å². The van der Waals surface area contributed by atoms with Gasteiger partial charge in [0, 0.05) is 14.8 Å². The van der Waals surface area contributed by atoms with Crippen LogP contribution in [0, 0.1) is 3.57 Å². The van der Waals surface area contributed by atoms with Gasteiger partial charge >= 0.3 is 6.18 Å². The van der Waals surface area contributed by atoms with Crippen LogP contribution in [0.5, 0.6) is 5.75 Å². The third-order valence-corrected chi connectivity index (χ3v) is 5.87. The average Bonchev–Trinajstić information content (AvgIpc) is 2.81. The van der Waals surface area contributed by atoms with Crippen molar-refractivity contribution in [2.24, 2.45) is 0 Å². The zero-order valence-corrected chi connectivity index (χ0v) is 20.0. The van der Waals surface area contributed by atoms with Crippen LogP contribution in [-0.2, 0) is 6.18 Å². The summed E-state index contributed by atoms with van der Waals surface area (Å²) in [6, 6.07) is 16.3. The average molecular weight is 581 g/mol. The molecule has 6 nitrogen and oxygen atoms in total. The quantitative estimate of drug-likeness (QED) is 0.384. The maximum atomic E-state index is 13.8. The van der Waals surface area contributed by atoms with E-state index in [1.54, 1.807) is 43.3 Å². The third-order valence-electron chi connectivity index (χ3n) is 5.20. The van der Waals surface area contributed by atoms with Crippen LogP contribution in [0.4, 0.5) is 18.9 Å². The molecule has 0 radical (unpaired) electrons. The Bertz CT molecular complexity index is 1250. The molecule has 176 valence electrons. The topological polar surface area (TPSA) is 70.7 Å². The molecule has 1 heterocycles. The molecule has 0 spiro atoms. The third kappa shape index (κ3) is 4.67. The summed E-state index contributed by atoms with van der Waals surface area (Å²) in [4.78, 5) is 26.6. The van der Waals surface area contributed by atoms with Gasteiger partial charge in [-0.3, -0.25) is 15.0 Å². The largest absolute Gasteiger partial charge is 0.493 e. The number of para-hydroxylation sites is 1. The fourth-order valence-electron chi connectivity index (χ4n) is 3.71. The number of nitrogens with one attached hydrogen (secondary N) is 2. The van der Waals surface area contributed by atoms with Crippen molar-refractivity contribution in [3.8, 4) is 5.75 Å². The van der Waals surface area contributed by atoms with E-state index in [1.807, 2.05) is 22.6 Å². The highest BCUT2D eigenvalue weighted by molar-refractivity contribution is 14.1. The highest BCUT2D eigenvalue weighted by Gasteiger charge is 2.41. The van der Waals surface area contributed by atoms with Crippen LogP contribution in [0.1, 0.15) is 44.9 Å². The van der Waals surface area contributed by atoms with E-state index < -0.39 is 29.7 Å². The molecule has 10 heteroatoms. The predicted octanol–water partition coefficient (Wildman–Crippen LogP) is 5.62. The van der Waals surface area contributed by atoms with Crippen LogP contribution in [0.15, 0.2) is 66.7 Å². The van der Waals surface area contributed by atoms with Gasteiger partial charge in [-0.05, 0) is 65.9 Å². The molecule has 4 rings (SSSR count). The van der Waals surface area contributed by atoms with E-state index in [-0.39, 0.29) is 16.7 Å². The minimum absolute atomic E-state index is 0.147. The van der Waals surface area contributed by atoms with E-state index in [9.17, 15) is 22.8 Å². The first-order valence-electron chi connectivity index (χ1n) is 10.3. The summed E-state index contributed by atoms with van der Waals surface area (Å²) in [5, 5.41) is 3.88. The van der Waals surface area contributed by atoms with Crippen LogP contribution in [-0.4, -0.2) is 23.4 Å². The first kappa shape index (κ1) is 23.9. The molecule has 1 unspecified atom stereocenters. The van der Waals surface area contributed by atoms with Gasteiger partial charge in [0.15, 0.2) is 0 Å². The van der Waals surface area contributed by atoms with E-state index in [2.05, 4.69) is 10.7 Å². The fraction of sp³-hybridized carbons (Fsp3) is 0.167. The highest BCUT2D eigenvalue weighted by atomic mass is 127. The number of alkyl halides is 3. The van der Waals surface area contributed by atoms with Gasteiger partial charge in [0.25, 0.3) is 11.8 Å². The number of carbonyl (C=O) groups excluding carboxylic acids is 2. The molecule has 3 aromatic rings. The molecule has 1 aliphatic rings. The normalized spacial score (nSPS) is 15.4. The number of rotatable bonds is 5. The first-order valence-corrected chi connectivity index (χ1v) is 11.4. The predicted molar refractivity (Wildman–Crippen MR) is 128 cm³/mol. The molecule has 1 aliphatic heterocycles. The van der Waals surface area contributed by atoms with E-state index in [4.69, 9.17) is 4.74 Å². The number of carbonyl (C=O) groups is 2. The number of nitrogens with zero attached hydrogens (tertiary/aromatic N) is 1. The molecular weight excluding hydrogens is 562 g/mol. The van der Waals surface area contributed by atoms with Crippen LogP contribution in [0.2, 0.25) is 0 Å². The van der Waals surface area contributed by atoms with E-state index in [0.717, 1.165) is 14.6 Å². The Hall–Kier alpha value is -3.28. The SMILES string of the molecule is CCOc1ccccc1C(=O)NN1C(=O)c2cc(I)ccc2NC1c1ccccc1C(F)(F)F. The molecule has 1 atom stereocenters. The zero-order valence-electron chi connectivity index (χ0n) is 17.8. The minimum atomic E-state index is -4.66. The number of fused-ring (bicyclic) bond motifs is 1. The van der Waals surface area contributed by atoms with Crippen LogP contribution < -0.4 is 15.5 Å². The number of hydrogen-bond donors (Lipinski definition) is 2. The number of anilines is 1. The zero-order chi connectivity index (χ0) is 24.5. The Labute approximate surface area is 207 Å². The Balaban J connectivity index is 1.80. The lowest BCUT2D eigenvalue weighted by atomic mass is 10.0. The fourth-order valence-corrected chi connectivity index (χ4v) is 4.20. The Morgan fingerprint density at radius 2 is 1.82 bits per heavy atom. The molecule has 0 saturated carbocycles. The van der Waals surface area contributed by atoms with Crippen molar-refractivity contribution in [1.29, 1.82) is 0 Å². The Kier molecular flexibility index (Phi) is 6.69. The maximum Gasteiger partial charge on any atom is 0.416 e. The summed E-state index contributed by atoms with van der Waals surface area (Å²) in [5.74, 6) is -1.04. The second-order valence-corrected chi connectivity index (χ2v) is 8.61. The summed E-state index contributed by atoms with van der Waals surface area (Å²) in [7, 11) is 0. The number of benzene rings is 3. The van der Waals surface area contributed by atoms with E-state index in [0.29, 0.717) is 18.0 Å². The lowest BCUT2D eigenvalue weighted by molar-refractivity contribution is -0.138. The standard InChI is InChI=1S/C24H19F3IN3O3/c1-2-34-20-10-6-4-8-16(20)22(32)30-31-21(15-7-3-5-9-18(15)24(25,26)27)29-19-12-11-14(28)13-17(19)23(31)33/h3-13,21,29H,2H2,1H3,(H,30,32). The molecule has 3 aromatic carbocycles. The van der Waals surface area contributed by atoms with Crippen LogP contribution in [0.3, 0.4) is 0 Å². The van der Waals surface area contributed by atoms with Gasteiger partial charge in [-0.1, -0.05) is 30.3 Å². The van der Waals surface area contributed by atoms with Crippen molar-refractivity contribution in [2.75, 3.05) is 11.9 Å². The molecule has 0 aliphatic carbocycles. The van der Waals surface area contributed by atoms with Crippen molar-refractivity contribution in [2.45, 2.75) is 19.3 Å². The Morgan fingerprint density at radius 1 is 1.12 bits per heavy atom. The molecule has 0 saturated heterocycles. The van der Waals surface area contributed by atoms with E-state index in [1.165, 1.54) is 24.3 Å². The smallest absolute Gasteiger partial charge is 0.416 e. The number of halogens is 4. The highest BCUT2D eigenvalue weighted by Crippen LogP contribution is 2.39. The summed E-state index contributed by atoms with van der Waals surface area (Å²) < 4.78 is 47.7. The van der Waals surface area contributed by atoms with Crippen molar-refractivity contribution < 1.29 is 27.5 Å². The Morgan fingerprint density at radius 3 is 2.56 bits per heavy atom. The van der Waals surface area contributed by atoms with Gasteiger partial charge in [0.1, 0.15) is 11.9 Å². The van der Waals surface area contributed by atoms with Crippen molar-refractivity contribution >= 4 is 40.1 Å². The van der Waals surface area contributed by atoms with Gasteiger partial charge < -0.3 is 10.1 Å². The van der Waals surface area contributed by atoms with Crippen molar-refractivity contribution in [1.82, 2.24) is 10.4 Å². The lowest BCUT2D eigenvalue weighted by Gasteiger charge is -2.38. The monoisotopic (exact) mass is 581 g/mol. The van der Waals surface area contributed by atoms with E-state index >= 15 is 0 Å². The van der Waals surface area contributed by atoms with Crippen LogP contribution in [0.25, 0.3) is 0 Å². The molecule has 0 bridgehead atoms. The van der Waals surface area contributed by atoms with Gasteiger partial charge in [-0.15, -0.1) is 0 Å². The second kappa shape index (κ2) is 9.53. The minimum Gasteiger partial charge on any atom is -0.493 e. The number of ether oxygens (including phenoxy) is 1. The molecular formula is C24H19F3IN3O3. The first-order chi connectivity index (χ1) is 16.2. The number of amides is 2. The van der Waals surface area contributed by atoms with Crippen molar-refractivity contribution in [3.63, 3.8) is 0 Å². The summed E-state index contributed by atoms with van der Waals surface area (Å²) in [6.45, 7) is 2.07. The van der Waals surface area contributed by atoms with Crippen LogP contribution >= 0.6 is 22.6 Å². The van der Waals surface area contributed by atoms with Gasteiger partial charge in [-0.2, -0.15) is 13.2 Å². The van der Waals surface area contributed by atoms with Gasteiger partial charge in [-0.25, -0.2) is 5.01 Å². The summed E-state index contributed by atoms with van der Waals surface area (Å²) >= 11 is 2.03. The molecule has 2 N–H and O–H groups in total. The molecule has 0 aromatic heterocycles. The number of hydrazine groups is 1. The summed E-state index contributed by atoms with van der Waals surface area (Å²) in [5.41, 5.74) is 2.13.